The van der Waals surface area contributed by atoms with E-state index in [1.54, 1.807) is 0 Å². The molecule has 1 aromatic carbocycles. The van der Waals surface area contributed by atoms with Gasteiger partial charge in [-0.05, 0) is 23.1 Å². The van der Waals surface area contributed by atoms with Crippen LogP contribution in [0.3, 0.4) is 0 Å². The van der Waals surface area contributed by atoms with E-state index >= 15 is 0 Å². The second-order valence-electron chi connectivity index (χ2n) is 3.38. The molecule has 0 amide bonds. The van der Waals surface area contributed by atoms with Crippen LogP contribution in [0.2, 0.25) is 0 Å². The van der Waals surface area contributed by atoms with Crippen LogP contribution in [0.1, 0.15) is 43.9 Å². The zero-order valence-electron chi connectivity index (χ0n) is 21.6. The Morgan fingerprint density at radius 2 is 2.29 bits per heavy atom. The second kappa shape index (κ2) is 4.41. The van der Waals surface area contributed by atoms with Crippen molar-refractivity contribution in [2.45, 2.75) is 26.6 Å². The maximum Gasteiger partial charge on any atom is 0.231 e. The predicted octanol–water partition coefficient (Wildman–Crippen LogP) is 2.84. The molecule has 1 N–H and O–H groups in total. The Balaban J connectivity index is 2.65. The number of ether oxygens (including phenoxy) is 2. The second-order valence-corrected chi connectivity index (χ2v) is 3.38. The van der Waals surface area contributed by atoms with Gasteiger partial charge in [0, 0.05) is 12.3 Å². The summed E-state index contributed by atoms with van der Waals surface area (Å²) in [6, 6.07) is 2.28. The van der Waals surface area contributed by atoms with Gasteiger partial charge in [-0.2, -0.15) is 0 Å². The van der Waals surface area contributed by atoms with Gasteiger partial charge in [-0.3, -0.25) is 0 Å². The SMILES string of the molecule is [2H]/C(=C\c1ccc2c(c1)OC([2H])([2H])O2)C([2H])(O)C(C([2H])([2H])[2H])(C([2H])([2H])[2H])C([2H])([2H])[2H]. The summed E-state index contributed by atoms with van der Waals surface area (Å²) in [4.78, 5) is 0. The van der Waals surface area contributed by atoms with Crippen molar-refractivity contribution >= 4 is 6.08 Å². The standard InChI is InChI=1S/C14H18O3/c1-14(2,3)13(15)7-5-10-4-6-11-12(8-10)17-9-16-11/h4-8,13,15H,9H2,1-3H3/b7-5+/i1D3,2D3,3D3,7D,9D2,13D. The molecule has 0 aromatic heterocycles. The summed E-state index contributed by atoms with van der Waals surface area (Å²) >= 11 is 0. The highest BCUT2D eigenvalue weighted by atomic mass is 16.7. The van der Waals surface area contributed by atoms with Gasteiger partial charge in [0.2, 0.25) is 6.75 Å². The number of rotatable bonds is 2. The number of benzene rings is 1. The van der Waals surface area contributed by atoms with Gasteiger partial charge in [0.25, 0.3) is 0 Å². The van der Waals surface area contributed by atoms with Crippen LogP contribution < -0.4 is 9.47 Å². The lowest BCUT2D eigenvalue weighted by Crippen LogP contribution is -2.23. The van der Waals surface area contributed by atoms with Crippen LogP contribution in [0, 0.1) is 5.41 Å². The van der Waals surface area contributed by atoms with Gasteiger partial charge in [-0.25, -0.2) is 0 Å². The zero-order chi connectivity index (χ0) is 23.6. The fourth-order valence-electron chi connectivity index (χ4n) is 1.15. The van der Waals surface area contributed by atoms with Crippen LogP contribution in [0.15, 0.2) is 24.3 Å². The third kappa shape index (κ3) is 2.80. The molecule has 0 fully saturated rings. The molecule has 3 heteroatoms. The summed E-state index contributed by atoms with van der Waals surface area (Å²) in [6.07, 6.45) is -3.19. The molecule has 1 unspecified atom stereocenters. The van der Waals surface area contributed by atoms with E-state index in [0.717, 1.165) is 6.07 Å². The first-order valence-electron chi connectivity index (χ1n) is 11.1. The maximum atomic E-state index is 10.7. The molecule has 1 atom stereocenters. The third-order valence-electron chi connectivity index (χ3n) is 2.00. The lowest BCUT2D eigenvalue weighted by atomic mass is 9.89. The normalized spacial score (nSPS) is 35.4. The number of hydrogen-bond donors (Lipinski definition) is 1. The minimum atomic E-state index is -4.00. The van der Waals surface area contributed by atoms with Gasteiger partial charge < -0.3 is 14.6 Å². The highest BCUT2D eigenvalue weighted by Crippen LogP contribution is 2.33. The van der Waals surface area contributed by atoms with Crippen molar-refractivity contribution in [1.82, 2.24) is 0 Å². The minimum Gasteiger partial charge on any atom is -0.454 e. The fraction of sp³-hybridized carbons (Fsp3) is 0.429. The van der Waals surface area contributed by atoms with Gasteiger partial charge >= 0.3 is 0 Å². The van der Waals surface area contributed by atoms with Crippen LogP contribution in [0.25, 0.3) is 6.08 Å². The molecule has 0 spiro atoms. The lowest BCUT2D eigenvalue weighted by Gasteiger charge is -2.22. The summed E-state index contributed by atoms with van der Waals surface area (Å²) in [5.41, 5.74) is -4.03. The number of aliphatic hydroxyl groups is 1. The molecule has 1 aromatic rings. The monoisotopic (exact) mass is 247 g/mol. The summed E-state index contributed by atoms with van der Waals surface area (Å²) in [5.74, 6) is -0.101. The molecule has 92 valence electrons. The van der Waals surface area contributed by atoms with Gasteiger partial charge in [0.15, 0.2) is 11.5 Å². The molecule has 1 heterocycles. The van der Waals surface area contributed by atoms with Crippen molar-refractivity contribution in [1.29, 1.82) is 0 Å². The Morgan fingerprint density at radius 3 is 3.06 bits per heavy atom. The average Bonchev–Trinajstić information content (AvgIpc) is 2.75. The van der Waals surface area contributed by atoms with Crippen LogP contribution >= 0.6 is 0 Å². The molecule has 0 aliphatic carbocycles. The smallest absolute Gasteiger partial charge is 0.231 e. The summed E-state index contributed by atoms with van der Waals surface area (Å²) in [5, 5.41) is 10.7. The van der Waals surface area contributed by atoms with Crippen molar-refractivity contribution in [3.05, 3.63) is 29.8 Å². The van der Waals surface area contributed by atoms with Crippen molar-refractivity contribution < 1.29 is 32.4 Å². The van der Waals surface area contributed by atoms with Gasteiger partial charge in [0.1, 0.15) is 2.74 Å². The highest BCUT2D eigenvalue weighted by molar-refractivity contribution is 5.56. The predicted molar refractivity (Wildman–Crippen MR) is 67.1 cm³/mol. The lowest BCUT2D eigenvalue weighted by molar-refractivity contribution is 0.106. The summed E-state index contributed by atoms with van der Waals surface area (Å²) < 4.78 is 109. The van der Waals surface area contributed by atoms with Crippen LogP contribution in [0.5, 0.6) is 11.5 Å². The molecule has 2 rings (SSSR count). The first-order valence-corrected chi connectivity index (χ1v) is 4.61. The molecule has 17 heavy (non-hydrogen) atoms. The fourth-order valence-corrected chi connectivity index (χ4v) is 1.15. The molecule has 0 radical (unpaired) electrons. The van der Waals surface area contributed by atoms with E-state index in [1.807, 2.05) is 0 Å². The van der Waals surface area contributed by atoms with E-state index in [0.29, 0.717) is 6.08 Å². The Morgan fingerprint density at radius 1 is 1.53 bits per heavy atom. The van der Waals surface area contributed by atoms with Crippen molar-refractivity contribution in [2.75, 3.05) is 6.75 Å². The van der Waals surface area contributed by atoms with E-state index in [4.69, 9.17) is 27.3 Å². The van der Waals surface area contributed by atoms with E-state index in [2.05, 4.69) is 0 Å². The molecule has 0 bridgehead atoms. The van der Waals surface area contributed by atoms with Crippen LogP contribution in [-0.4, -0.2) is 17.9 Å². The third-order valence-corrected chi connectivity index (χ3v) is 2.00. The van der Waals surface area contributed by atoms with Crippen molar-refractivity contribution in [3.8, 4) is 11.5 Å². The van der Waals surface area contributed by atoms with E-state index < -0.39 is 44.8 Å². The molecule has 1 aliphatic heterocycles. The van der Waals surface area contributed by atoms with Gasteiger partial charge in [0.05, 0.1) is 8.82 Å². The van der Waals surface area contributed by atoms with Crippen molar-refractivity contribution in [2.24, 2.45) is 5.41 Å². The summed E-state index contributed by atoms with van der Waals surface area (Å²) in [6.45, 7) is -14.1. The molecule has 0 saturated carbocycles. The summed E-state index contributed by atoms with van der Waals surface area (Å²) in [7, 11) is 0. The number of fused-ring (bicyclic) bond motifs is 1. The molecular formula is C14H18O3. The van der Waals surface area contributed by atoms with E-state index in [1.165, 1.54) is 12.1 Å². The van der Waals surface area contributed by atoms with Crippen LogP contribution in [0.4, 0.5) is 0 Å². The Bertz CT molecular complexity index is 812. The maximum absolute atomic E-state index is 10.7. The average molecular weight is 247 g/mol. The van der Waals surface area contributed by atoms with E-state index in [-0.39, 0.29) is 17.1 Å². The molecule has 1 aliphatic rings. The first kappa shape index (κ1) is 3.75. The minimum absolute atomic E-state index is 0.00615. The number of hydrogen-bond acceptors (Lipinski definition) is 3. The highest BCUT2D eigenvalue weighted by Gasteiger charge is 2.19. The van der Waals surface area contributed by atoms with Crippen LogP contribution in [-0.2, 0) is 0 Å². The molecule has 0 saturated heterocycles. The van der Waals surface area contributed by atoms with Gasteiger partial charge in [-0.15, -0.1) is 0 Å². The van der Waals surface area contributed by atoms with Gasteiger partial charge in [-0.1, -0.05) is 38.8 Å². The quantitative estimate of drug-likeness (QED) is 0.873. The largest absolute Gasteiger partial charge is 0.454 e. The zero-order valence-corrected chi connectivity index (χ0v) is 8.57. The molecule has 3 nitrogen and oxygen atoms in total. The topological polar surface area (TPSA) is 38.7 Å². The van der Waals surface area contributed by atoms with Crippen molar-refractivity contribution in [3.63, 3.8) is 0 Å². The first-order chi connectivity index (χ1) is 13.2. The van der Waals surface area contributed by atoms with E-state index in [9.17, 15) is 5.11 Å². The Kier molecular flexibility index (Phi) is 0.975. The molecular weight excluding hydrogens is 216 g/mol. The Labute approximate surface area is 120 Å². The Hall–Kier alpha value is -1.48.